The summed E-state index contributed by atoms with van der Waals surface area (Å²) in [5.74, 6) is -2.13. The van der Waals surface area contributed by atoms with E-state index < -0.39 is 36.5 Å². The van der Waals surface area contributed by atoms with Crippen molar-refractivity contribution in [1.82, 2.24) is 0 Å². The molecule has 21 heavy (non-hydrogen) atoms. The zero-order valence-corrected chi connectivity index (χ0v) is 11.9. The van der Waals surface area contributed by atoms with E-state index in [9.17, 15) is 9.59 Å². The van der Waals surface area contributed by atoms with E-state index in [0.717, 1.165) is 0 Å². The topological polar surface area (TPSA) is 282 Å². The summed E-state index contributed by atoms with van der Waals surface area (Å²) in [6.07, 6.45) is -3.11. The Morgan fingerprint density at radius 2 is 0.952 bits per heavy atom. The quantitative estimate of drug-likeness (QED) is 0.162. The first kappa shape index (κ1) is 32.2. The molecule has 0 saturated heterocycles. The van der Waals surface area contributed by atoms with Gasteiger partial charge in [-0.1, -0.05) is 0 Å². The molecule has 4 atom stereocenters. The number of hydrogen-bond acceptors (Lipinski definition) is 8. The monoisotopic (exact) mass is 367 g/mol. The number of carboxylic acid groups (broad SMARTS) is 2. The molecule has 1 radical (unpaired) electrons. The van der Waals surface area contributed by atoms with Crippen LogP contribution in [0.25, 0.3) is 0 Å². The van der Waals surface area contributed by atoms with Gasteiger partial charge in [-0.2, -0.15) is 0 Å². The van der Waals surface area contributed by atoms with E-state index in [1.165, 1.54) is 0 Å². The van der Waals surface area contributed by atoms with Gasteiger partial charge in [-0.05, 0) is 0 Å². The molecule has 0 aromatic carbocycles. The van der Waals surface area contributed by atoms with Crippen LogP contribution in [0.5, 0.6) is 0 Å². The maximum Gasteiger partial charge on any atom is 0.305 e. The summed E-state index contributed by atoms with van der Waals surface area (Å²) in [5.41, 5.74) is 19.8. The standard InChI is InChI=1S/2C4H10N2O3.Cu.2H2O/c2*5-2(4(6)9)1-3(7)8;;;/h2*2,4,9H,1,5-6H2,(H,7,8);;2*1H2. The van der Waals surface area contributed by atoms with Crippen molar-refractivity contribution >= 4 is 11.9 Å². The maximum atomic E-state index is 9.87. The van der Waals surface area contributed by atoms with Crippen molar-refractivity contribution in [1.29, 1.82) is 0 Å². The summed E-state index contributed by atoms with van der Waals surface area (Å²) >= 11 is 0. The fraction of sp³-hybridized carbons (Fsp3) is 0.750. The number of aliphatic carboxylic acids is 2. The summed E-state index contributed by atoms with van der Waals surface area (Å²) in [5, 5.41) is 33.1. The molecule has 0 saturated carbocycles. The Morgan fingerprint density at radius 1 is 0.762 bits per heavy atom. The number of nitrogens with two attached hydrogens (primary N) is 4. The Morgan fingerprint density at radius 3 is 1.00 bits per heavy atom. The van der Waals surface area contributed by atoms with Crippen LogP contribution < -0.4 is 22.9 Å². The second-order valence-corrected chi connectivity index (χ2v) is 3.50. The van der Waals surface area contributed by atoms with Crippen LogP contribution in [0.3, 0.4) is 0 Å². The van der Waals surface area contributed by atoms with Crippen LogP contribution in [0.2, 0.25) is 0 Å². The Kier molecular flexibility index (Phi) is 26.4. The Hall–Kier alpha value is -0.861. The van der Waals surface area contributed by atoms with Crippen LogP contribution in [-0.4, -0.2) is 67.9 Å². The van der Waals surface area contributed by atoms with Gasteiger partial charge in [-0.15, -0.1) is 0 Å². The molecule has 12 nitrogen and oxygen atoms in total. The number of carboxylic acids is 2. The smallest absolute Gasteiger partial charge is 0.305 e. The molecule has 135 valence electrons. The van der Waals surface area contributed by atoms with Gasteiger partial charge in [0.2, 0.25) is 0 Å². The van der Waals surface area contributed by atoms with E-state index in [1.54, 1.807) is 0 Å². The zero-order chi connectivity index (χ0) is 14.9. The summed E-state index contributed by atoms with van der Waals surface area (Å²) in [7, 11) is 0. The van der Waals surface area contributed by atoms with Gasteiger partial charge < -0.3 is 54.3 Å². The van der Waals surface area contributed by atoms with E-state index in [1.807, 2.05) is 0 Å². The second kappa shape index (κ2) is 17.2. The summed E-state index contributed by atoms with van der Waals surface area (Å²) in [6.45, 7) is 0. The van der Waals surface area contributed by atoms with Gasteiger partial charge in [-0.25, -0.2) is 0 Å². The molecule has 13 heteroatoms. The third-order valence-corrected chi connectivity index (χ3v) is 1.70. The van der Waals surface area contributed by atoms with E-state index in [-0.39, 0.29) is 40.9 Å². The molecule has 0 bridgehead atoms. The first-order valence-corrected chi connectivity index (χ1v) is 4.90. The average Bonchev–Trinajstić information content (AvgIpc) is 2.16. The Labute approximate surface area is 131 Å². The minimum absolute atomic E-state index is 0. The summed E-state index contributed by atoms with van der Waals surface area (Å²) in [4.78, 5) is 19.7. The fourth-order valence-corrected chi connectivity index (χ4v) is 0.645. The summed E-state index contributed by atoms with van der Waals surface area (Å²) in [6, 6.07) is -1.75. The van der Waals surface area contributed by atoms with Gasteiger partial charge >= 0.3 is 11.9 Å². The van der Waals surface area contributed by atoms with Crippen molar-refractivity contribution < 1.29 is 58.0 Å². The first-order valence-electron chi connectivity index (χ1n) is 4.90. The van der Waals surface area contributed by atoms with Crippen molar-refractivity contribution in [3.63, 3.8) is 0 Å². The second-order valence-electron chi connectivity index (χ2n) is 3.50. The summed E-state index contributed by atoms with van der Waals surface area (Å²) < 4.78 is 0. The van der Waals surface area contributed by atoms with E-state index in [4.69, 9.17) is 43.4 Å². The number of carbonyl (C=O) groups is 2. The van der Waals surface area contributed by atoms with Crippen molar-refractivity contribution in [3.8, 4) is 0 Å². The van der Waals surface area contributed by atoms with Crippen LogP contribution in [0.4, 0.5) is 0 Å². The Balaban J connectivity index is -0.0000000711. The van der Waals surface area contributed by atoms with Gasteiger partial charge in [-0.3, -0.25) is 9.59 Å². The predicted octanol–water partition coefficient (Wildman–Crippen LogP) is -5.52. The molecule has 16 N–H and O–H groups in total. The maximum absolute atomic E-state index is 9.87. The van der Waals surface area contributed by atoms with Crippen LogP contribution in [0.1, 0.15) is 12.8 Å². The minimum Gasteiger partial charge on any atom is -0.481 e. The van der Waals surface area contributed by atoms with Crippen molar-refractivity contribution in [2.24, 2.45) is 22.9 Å². The predicted molar refractivity (Wildman–Crippen MR) is 68.1 cm³/mol. The normalized spacial score (nSPS) is 14.4. The number of aliphatic hydroxyl groups is 2. The molecular formula is C8H24CuN4O8. The zero-order valence-electron chi connectivity index (χ0n) is 10.9. The molecule has 0 aromatic rings. The van der Waals surface area contributed by atoms with Crippen molar-refractivity contribution in [2.45, 2.75) is 37.4 Å². The van der Waals surface area contributed by atoms with Crippen molar-refractivity contribution in [3.05, 3.63) is 0 Å². The Bertz CT molecular complexity index is 243. The molecular weight excluding hydrogens is 344 g/mol. The number of hydrogen-bond donors (Lipinski definition) is 8. The van der Waals surface area contributed by atoms with E-state index >= 15 is 0 Å². The van der Waals surface area contributed by atoms with E-state index in [0.29, 0.717) is 0 Å². The molecule has 0 aromatic heterocycles. The van der Waals surface area contributed by atoms with Gasteiger partial charge in [0, 0.05) is 17.1 Å². The van der Waals surface area contributed by atoms with Crippen LogP contribution >= 0.6 is 0 Å². The fourth-order valence-electron chi connectivity index (χ4n) is 0.645. The number of aliphatic hydroxyl groups excluding tert-OH is 2. The third kappa shape index (κ3) is 24.5. The molecule has 0 aliphatic rings. The molecule has 0 fully saturated rings. The molecule has 0 spiro atoms. The van der Waals surface area contributed by atoms with Gasteiger partial charge in [0.25, 0.3) is 0 Å². The number of rotatable bonds is 6. The average molecular weight is 368 g/mol. The largest absolute Gasteiger partial charge is 0.481 e. The SMILES string of the molecule is NC(O)C(N)CC(=O)O.NC(O)C(N)CC(=O)O.O.O.[Cu]. The van der Waals surface area contributed by atoms with Crippen LogP contribution in [-0.2, 0) is 26.7 Å². The van der Waals surface area contributed by atoms with Gasteiger partial charge in [0.1, 0.15) is 12.5 Å². The van der Waals surface area contributed by atoms with E-state index in [2.05, 4.69) is 0 Å². The molecule has 0 amide bonds. The molecule has 0 heterocycles. The van der Waals surface area contributed by atoms with Gasteiger partial charge in [0.05, 0.1) is 24.9 Å². The first-order chi connectivity index (χ1) is 8.07. The molecule has 0 aliphatic heterocycles. The molecule has 0 aliphatic carbocycles. The third-order valence-electron chi connectivity index (χ3n) is 1.70. The van der Waals surface area contributed by atoms with Crippen molar-refractivity contribution in [2.75, 3.05) is 0 Å². The van der Waals surface area contributed by atoms with Crippen LogP contribution in [0, 0.1) is 0 Å². The minimum atomic E-state index is -1.25. The molecule has 0 rings (SSSR count). The van der Waals surface area contributed by atoms with Crippen LogP contribution in [0.15, 0.2) is 0 Å². The molecule has 4 unspecified atom stereocenters. The van der Waals surface area contributed by atoms with Gasteiger partial charge in [0.15, 0.2) is 0 Å².